The summed E-state index contributed by atoms with van der Waals surface area (Å²) in [5.41, 5.74) is 4.44. The summed E-state index contributed by atoms with van der Waals surface area (Å²) in [6.07, 6.45) is 1.59. The summed E-state index contributed by atoms with van der Waals surface area (Å²) in [4.78, 5) is 11.9. The molecule has 1 unspecified atom stereocenters. The number of nitrogens with one attached hydrogen (secondary N) is 2. The largest absolute Gasteiger partial charge is 0.326 e. The van der Waals surface area contributed by atoms with Crippen molar-refractivity contribution in [2.75, 3.05) is 11.9 Å². The molecule has 0 bridgehead atoms. The highest BCUT2D eigenvalue weighted by Crippen LogP contribution is 2.21. The maximum absolute atomic E-state index is 11.9. The molecule has 0 radical (unpaired) electrons. The van der Waals surface area contributed by atoms with Crippen molar-refractivity contribution in [3.8, 4) is 0 Å². The van der Waals surface area contributed by atoms with Gasteiger partial charge in [-0.1, -0.05) is 24.6 Å². The van der Waals surface area contributed by atoms with Gasteiger partial charge in [-0.2, -0.15) is 0 Å². The first-order valence-corrected chi connectivity index (χ1v) is 7.05. The van der Waals surface area contributed by atoms with Crippen LogP contribution in [0.25, 0.3) is 0 Å². The van der Waals surface area contributed by atoms with E-state index < -0.39 is 0 Å². The highest BCUT2D eigenvalue weighted by atomic mass is 16.1. The average Bonchev–Trinajstić information content (AvgIpc) is 2.33. The zero-order chi connectivity index (χ0) is 14.4. The monoisotopic (exact) mass is 262 g/mol. The minimum atomic E-state index is 0.0749. The number of amides is 1. The van der Waals surface area contributed by atoms with Gasteiger partial charge in [0.25, 0.3) is 0 Å². The van der Waals surface area contributed by atoms with Crippen LogP contribution in [0, 0.1) is 20.8 Å². The van der Waals surface area contributed by atoms with E-state index in [2.05, 4.69) is 43.5 Å². The van der Waals surface area contributed by atoms with E-state index in [1.54, 1.807) is 0 Å². The molecule has 1 aromatic carbocycles. The highest BCUT2D eigenvalue weighted by molar-refractivity contribution is 5.92. The van der Waals surface area contributed by atoms with Crippen LogP contribution in [0.5, 0.6) is 0 Å². The fourth-order valence-corrected chi connectivity index (χ4v) is 2.16. The molecule has 19 heavy (non-hydrogen) atoms. The predicted octanol–water partition coefficient (Wildman–Crippen LogP) is 3.33. The van der Waals surface area contributed by atoms with E-state index in [-0.39, 0.29) is 5.91 Å². The summed E-state index contributed by atoms with van der Waals surface area (Å²) >= 11 is 0. The van der Waals surface area contributed by atoms with E-state index in [4.69, 9.17) is 0 Å². The highest BCUT2D eigenvalue weighted by Gasteiger charge is 2.08. The molecule has 1 rings (SSSR count). The third-order valence-corrected chi connectivity index (χ3v) is 3.40. The standard InChI is InChI=1S/C16H26N2O/c1-6-14(5)17-8-7-15(19)18-16-12(3)9-11(2)10-13(16)4/h9-10,14,17H,6-8H2,1-5H3,(H,18,19). The Morgan fingerprint density at radius 3 is 2.32 bits per heavy atom. The van der Waals surface area contributed by atoms with E-state index in [0.717, 1.165) is 29.8 Å². The predicted molar refractivity (Wildman–Crippen MR) is 81.7 cm³/mol. The van der Waals surface area contributed by atoms with Crippen molar-refractivity contribution < 1.29 is 4.79 Å². The molecule has 1 atom stereocenters. The summed E-state index contributed by atoms with van der Waals surface area (Å²) in [6.45, 7) is 11.1. The molecular formula is C16H26N2O. The Balaban J connectivity index is 2.53. The van der Waals surface area contributed by atoms with Crippen molar-refractivity contribution >= 4 is 11.6 Å². The maximum Gasteiger partial charge on any atom is 0.225 e. The van der Waals surface area contributed by atoms with Crippen molar-refractivity contribution in [1.29, 1.82) is 0 Å². The van der Waals surface area contributed by atoms with E-state index in [0.29, 0.717) is 12.5 Å². The summed E-state index contributed by atoms with van der Waals surface area (Å²) in [5, 5.41) is 6.34. The Hall–Kier alpha value is -1.35. The van der Waals surface area contributed by atoms with Crippen LogP contribution in [-0.4, -0.2) is 18.5 Å². The number of hydrogen-bond acceptors (Lipinski definition) is 2. The lowest BCUT2D eigenvalue weighted by atomic mass is 10.1. The second kappa shape index (κ2) is 7.29. The van der Waals surface area contributed by atoms with Crippen LogP contribution in [0.3, 0.4) is 0 Å². The second-order valence-electron chi connectivity index (χ2n) is 5.34. The van der Waals surface area contributed by atoms with Crippen molar-refractivity contribution in [3.63, 3.8) is 0 Å². The quantitative estimate of drug-likeness (QED) is 0.825. The van der Waals surface area contributed by atoms with Gasteiger partial charge in [0.2, 0.25) is 5.91 Å². The molecule has 0 aliphatic carbocycles. The number of carbonyl (C=O) groups is 1. The van der Waals surface area contributed by atoms with Crippen LogP contribution in [0.2, 0.25) is 0 Å². The maximum atomic E-state index is 11.9. The molecule has 0 fully saturated rings. The zero-order valence-electron chi connectivity index (χ0n) is 12.8. The molecule has 1 aromatic rings. The van der Waals surface area contributed by atoms with Crippen LogP contribution in [0.4, 0.5) is 5.69 Å². The van der Waals surface area contributed by atoms with Crippen molar-refractivity contribution in [2.24, 2.45) is 0 Å². The molecule has 3 nitrogen and oxygen atoms in total. The first kappa shape index (κ1) is 15.7. The summed E-state index contributed by atoms with van der Waals surface area (Å²) in [5.74, 6) is 0.0749. The number of anilines is 1. The van der Waals surface area contributed by atoms with Gasteiger partial charge in [-0.05, 0) is 45.2 Å². The number of carbonyl (C=O) groups excluding carboxylic acids is 1. The number of hydrogen-bond donors (Lipinski definition) is 2. The molecule has 3 heteroatoms. The Kier molecular flexibility index (Phi) is 6.03. The molecular weight excluding hydrogens is 236 g/mol. The fraction of sp³-hybridized carbons (Fsp3) is 0.562. The van der Waals surface area contributed by atoms with Crippen molar-refractivity contribution in [1.82, 2.24) is 5.32 Å². The normalized spacial score (nSPS) is 12.3. The minimum absolute atomic E-state index is 0.0749. The third-order valence-electron chi connectivity index (χ3n) is 3.40. The van der Waals surface area contributed by atoms with Gasteiger partial charge in [-0.3, -0.25) is 4.79 Å². The average molecular weight is 262 g/mol. The lowest BCUT2D eigenvalue weighted by Gasteiger charge is -2.14. The Morgan fingerprint density at radius 1 is 1.21 bits per heavy atom. The van der Waals surface area contributed by atoms with Crippen LogP contribution in [-0.2, 0) is 4.79 Å². The van der Waals surface area contributed by atoms with Gasteiger partial charge in [0, 0.05) is 24.7 Å². The molecule has 1 amide bonds. The molecule has 0 aliphatic rings. The summed E-state index contributed by atoms with van der Waals surface area (Å²) < 4.78 is 0. The van der Waals surface area contributed by atoms with Gasteiger partial charge in [0.15, 0.2) is 0 Å². The Morgan fingerprint density at radius 2 is 1.79 bits per heavy atom. The van der Waals surface area contributed by atoms with Crippen molar-refractivity contribution in [3.05, 3.63) is 28.8 Å². The van der Waals surface area contributed by atoms with Gasteiger partial charge < -0.3 is 10.6 Å². The minimum Gasteiger partial charge on any atom is -0.326 e. The molecule has 2 N–H and O–H groups in total. The fourth-order valence-electron chi connectivity index (χ4n) is 2.16. The summed E-state index contributed by atoms with van der Waals surface area (Å²) in [7, 11) is 0. The lowest BCUT2D eigenvalue weighted by Crippen LogP contribution is -2.29. The van der Waals surface area contributed by atoms with E-state index in [1.807, 2.05) is 13.8 Å². The molecule has 106 valence electrons. The number of benzene rings is 1. The van der Waals surface area contributed by atoms with Crippen LogP contribution < -0.4 is 10.6 Å². The van der Waals surface area contributed by atoms with Gasteiger partial charge in [0.1, 0.15) is 0 Å². The first-order chi connectivity index (χ1) is 8.93. The molecule has 0 heterocycles. The SMILES string of the molecule is CCC(C)NCCC(=O)Nc1c(C)cc(C)cc1C. The first-order valence-electron chi connectivity index (χ1n) is 7.05. The van der Waals surface area contributed by atoms with Crippen LogP contribution in [0.1, 0.15) is 43.4 Å². The zero-order valence-corrected chi connectivity index (χ0v) is 12.8. The van der Waals surface area contributed by atoms with E-state index >= 15 is 0 Å². The van der Waals surface area contributed by atoms with Gasteiger partial charge in [0.05, 0.1) is 0 Å². The van der Waals surface area contributed by atoms with E-state index in [1.165, 1.54) is 5.56 Å². The van der Waals surface area contributed by atoms with E-state index in [9.17, 15) is 4.79 Å². The number of aryl methyl sites for hydroxylation is 3. The van der Waals surface area contributed by atoms with Crippen molar-refractivity contribution in [2.45, 2.75) is 53.5 Å². The Labute approximate surface area is 116 Å². The van der Waals surface area contributed by atoms with Crippen LogP contribution >= 0.6 is 0 Å². The topological polar surface area (TPSA) is 41.1 Å². The second-order valence-corrected chi connectivity index (χ2v) is 5.34. The van der Waals surface area contributed by atoms with Gasteiger partial charge in [-0.15, -0.1) is 0 Å². The Bertz CT molecular complexity index is 417. The summed E-state index contributed by atoms with van der Waals surface area (Å²) in [6, 6.07) is 4.66. The number of rotatable bonds is 6. The molecule has 0 saturated heterocycles. The van der Waals surface area contributed by atoms with Gasteiger partial charge >= 0.3 is 0 Å². The molecule has 0 aliphatic heterocycles. The molecule has 0 spiro atoms. The third kappa shape index (κ3) is 5.03. The lowest BCUT2D eigenvalue weighted by molar-refractivity contribution is -0.116. The van der Waals surface area contributed by atoms with Crippen LogP contribution in [0.15, 0.2) is 12.1 Å². The molecule has 0 saturated carbocycles. The smallest absolute Gasteiger partial charge is 0.225 e. The van der Waals surface area contributed by atoms with Gasteiger partial charge in [-0.25, -0.2) is 0 Å². The molecule has 0 aromatic heterocycles.